The number of pyridine rings is 1. The third kappa shape index (κ3) is 8.23. The van der Waals surface area contributed by atoms with E-state index in [0.29, 0.717) is 51.4 Å². The van der Waals surface area contributed by atoms with E-state index < -0.39 is 38.3 Å². The lowest BCUT2D eigenvalue weighted by molar-refractivity contribution is -0.141. The predicted octanol–water partition coefficient (Wildman–Crippen LogP) is 4.21. The number of nitrogens with zero attached hydrogens (tertiary/aromatic N) is 5. The second-order valence-corrected chi connectivity index (χ2v) is 14.3. The molecule has 248 valence electrons. The van der Waals surface area contributed by atoms with Crippen LogP contribution in [0.2, 0.25) is 0 Å². The monoisotopic (exact) mass is 651 g/mol. The highest BCUT2D eigenvalue weighted by Crippen LogP contribution is 2.38. The Morgan fingerprint density at radius 2 is 1.78 bits per heavy atom. The number of amides is 1. The summed E-state index contributed by atoms with van der Waals surface area (Å²) in [6, 6.07) is 7.13. The molecule has 1 aromatic heterocycles. The van der Waals surface area contributed by atoms with Crippen LogP contribution < -0.4 is 0 Å². The Labute approximate surface area is 264 Å². The molecule has 45 heavy (non-hydrogen) atoms. The molecule has 0 N–H and O–H groups in total. The van der Waals surface area contributed by atoms with Crippen LogP contribution in [0.3, 0.4) is 0 Å². The van der Waals surface area contributed by atoms with Gasteiger partial charge in [0.05, 0.1) is 16.1 Å². The largest absolute Gasteiger partial charge is 0.416 e. The lowest BCUT2D eigenvalue weighted by atomic mass is 9.84. The lowest BCUT2D eigenvalue weighted by Gasteiger charge is -2.43. The molecule has 5 rings (SSSR count). The molecule has 3 aliphatic heterocycles. The van der Waals surface area contributed by atoms with Crippen LogP contribution in [0, 0.1) is 0 Å². The van der Waals surface area contributed by atoms with Crippen molar-refractivity contribution in [3.05, 3.63) is 59.9 Å². The highest BCUT2D eigenvalue weighted by molar-refractivity contribution is 7.89. The molecule has 0 spiro atoms. The summed E-state index contributed by atoms with van der Waals surface area (Å²) in [5.41, 5.74) is -0.584. The van der Waals surface area contributed by atoms with E-state index in [1.54, 1.807) is 11.1 Å². The molecule has 0 radical (unpaired) electrons. The number of aromatic nitrogens is 1. The number of likely N-dealkylation sites (N-methyl/N-ethyl adjacent to an activating group) is 1. The molecule has 0 saturated carbocycles. The van der Waals surface area contributed by atoms with E-state index >= 15 is 0 Å². The molecule has 2 aromatic rings. The molecular formula is C32H44F3N5O4S. The standard InChI is InChI=1S/C32H44F3N5O4S/c1-37-18-20-38(21-19-37)14-6-22-44-31(27-8-5-13-36-25-27)11-16-39(17-12-31)30(41)24-28-9-2-3-15-40(28)45(42,43)29-10-4-7-26(23-29)32(33,34)35/h4-5,7-8,10,13,23,25,28H,2-3,6,9,11-12,14-22,24H2,1H3. The molecule has 1 aromatic carbocycles. The Hall–Kier alpha value is -2.58. The quantitative estimate of drug-likeness (QED) is 0.356. The van der Waals surface area contributed by atoms with Crippen LogP contribution in [0.15, 0.2) is 53.7 Å². The summed E-state index contributed by atoms with van der Waals surface area (Å²) >= 11 is 0. The Balaban J connectivity index is 1.21. The van der Waals surface area contributed by atoms with Gasteiger partial charge in [0.1, 0.15) is 0 Å². The highest BCUT2D eigenvalue weighted by atomic mass is 32.2. The number of sulfonamides is 1. The number of hydrogen-bond acceptors (Lipinski definition) is 7. The Morgan fingerprint density at radius 1 is 1.02 bits per heavy atom. The zero-order valence-corrected chi connectivity index (χ0v) is 26.7. The maximum absolute atomic E-state index is 13.6. The van der Waals surface area contributed by atoms with E-state index in [1.165, 1.54) is 10.4 Å². The van der Waals surface area contributed by atoms with E-state index in [0.717, 1.165) is 63.3 Å². The maximum Gasteiger partial charge on any atom is 0.416 e. The first-order valence-electron chi connectivity index (χ1n) is 15.9. The molecule has 0 aliphatic carbocycles. The van der Waals surface area contributed by atoms with Gasteiger partial charge in [-0.1, -0.05) is 18.6 Å². The lowest BCUT2D eigenvalue weighted by Crippen LogP contribution is -2.50. The van der Waals surface area contributed by atoms with Gasteiger partial charge in [-0.15, -0.1) is 0 Å². The van der Waals surface area contributed by atoms with Crippen LogP contribution in [-0.4, -0.2) is 110 Å². The van der Waals surface area contributed by atoms with Gasteiger partial charge in [0.2, 0.25) is 15.9 Å². The van der Waals surface area contributed by atoms with Crippen LogP contribution in [0.5, 0.6) is 0 Å². The Kier molecular flexibility index (Phi) is 10.8. The first-order valence-corrected chi connectivity index (χ1v) is 17.3. The van der Waals surface area contributed by atoms with Crippen molar-refractivity contribution >= 4 is 15.9 Å². The number of hydrogen-bond donors (Lipinski definition) is 0. The van der Waals surface area contributed by atoms with E-state index in [2.05, 4.69) is 21.8 Å². The van der Waals surface area contributed by atoms with Crippen LogP contribution in [-0.2, 0) is 31.3 Å². The SMILES string of the molecule is CN1CCN(CCCOC2(c3cccnc3)CCN(C(=O)CC3CCCCN3S(=O)(=O)c3cccc(C(F)(F)F)c3)CC2)CC1. The minimum atomic E-state index is -4.66. The van der Waals surface area contributed by atoms with Crippen molar-refractivity contribution in [2.45, 2.75) is 67.7 Å². The second-order valence-electron chi connectivity index (χ2n) is 12.5. The van der Waals surface area contributed by atoms with E-state index in [1.807, 2.05) is 18.3 Å². The minimum absolute atomic E-state index is 0.00996. The number of piperazine rings is 1. The van der Waals surface area contributed by atoms with Crippen molar-refractivity contribution in [2.75, 3.05) is 66.0 Å². The molecule has 0 bridgehead atoms. The average Bonchev–Trinajstić information content (AvgIpc) is 3.04. The summed E-state index contributed by atoms with van der Waals surface area (Å²) in [7, 11) is -2.08. The fourth-order valence-corrected chi connectivity index (χ4v) is 8.43. The number of halogens is 3. The van der Waals surface area contributed by atoms with Gasteiger partial charge < -0.3 is 19.4 Å². The third-order valence-electron chi connectivity index (χ3n) is 9.46. The van der Waals surface area contributed by atoms with Gasteiger partial charge in [-0.3, -0.25) is 9.78 Å². The summed E-state index contributed by atoms with van der Waals surface area (Å²) < 4.78 is 74.8. The Bertz CT molecular complexity index is 1380. The molecule has 1 unspecified atom stereocenters. The molecule has 1 amide bonds. The zero-order chi connectivity index (χ0) is 32.1. The molecule has 13 heteroatoms. The molecule has 3 aliphatic rings. The van der Waals surface area contributed by atoms with Crippen LogP contribution in [0.25, 0.3) is 0 Å². The molecule has 3 saturated heterocycles. The molecule has 9 nitrogen and oxygen atoms in total. The summed E-state index contributed by atoms with van der Waals surface area (Å²) in [5.74, 6) is -0.152. The van der Waals surface area contributed by atoms with Gasteiger partial charge in [-0.2, -0.15) is 17.5 Å². The van der Waals surface area contributed by atoms with Crippen molar-refractivity contribution < 1.29 is 31.1 Å². The average molecular weight is 652 g/mol. The molecule has 3 fully saturated rings. The number of rotatable bonds is 10. The van der Waals surface area contributed by atoms with Crippen molar-refractivity contribution in [3.8, 4) is 0 Å². The van der Waals surface area contributed by atoms with Gasteiger partial charge in [-0.05, 0) is 63.4 Å². The first kappa shape index (κ1) is 33.8. The number of piperidine rings is 2. The smallest absolute Gasteiger partial charge is 0.370 e. The van der Waals surface area contributed by atoms with Crippen molar-refractivity contribution in [1.29, 1.82) is 0 Å². The summed E-state index contributed by atoms with van der Waals surface area (Å²) in [4.78, 5) is 24.0. The number of alkyl halides is 3. The van der Waals surface area contributed by atoms with Crippen LogP contribution in [0.1, 0.15) is 56.1 Å². The van der Waals surface area contributed by atoms with E-state index in [4.69, 9.17) is 4.74 Å². The normalized spacial score (nSPS) is 22.4. The van der Waals surface area contributed by atoms with Crippen LogP contribution in [0.4, 0.5) is 13.2 Å². The fourth-order valence-electron chi connectivity index (χ4n) is 6.69. The summed E-state index contributed by atoms with van der Waals surface area (Å²) in [6.07, 6.45) is 2.81. The number of carbonyl (C=O) groups excluding carboxylic acids is 1. The Morgan fingerprint density at radius 3 is 2.47 bits per heavy atom. The number of benzene rings is 1. The van der Waals surface area contributed by atoms with Crippen molar-refractivity contribution in [2.24, 2.45) is 0 Å². The number of carbonyl (C=O) groups is 1. The van der Waals surface area contributed by atoms with E-state index in [-0.39, 0.29) is 18.9 Å². The second kappa shape index (κ2) is 14.5. The van der Waals surface area contributed by atoms with E-state index in [9.17, 15) is 26.4 Å². The molecular weight excluding hydrogens is 607 g/mol. The summed E-state index contributed by atoms with van der Waals surface area (Å²) in [6.45, 7) is 6.91. The van der Waals surface area contributed by atoms with Gasteiger partial charge in [0, 0.05) is 89.4 Å². The molecule has 1 atom stereocenters. The fraction of sp³-hybridized carbons (Fsp3) is 0.625. The number of ether oxygens (including phenoxy) is 1. The van der Waals surface area contributed by atoms with Crippen LogP contribution >= 0.6 is 0 Å². The minimum Gasteiger partial charge on any atom is -0.370 e. The summed E-state index contributed by atoms with van der Waals surface area (Å²) in [5, 5.41) is 0. The van der Waals surface area contributed by atoms with Crippen molar-refractivity contribution in [3.63, 3.8) is 0 Å². The van der Waals surface area contributed by atoms with Crippen molar-refractivity contribution in [1.82, 2.24) is 24.0 Å². The number of likely N-dealkylation sites (tertiary alicyclic amines) is 1. The van der Waals surface area contributed by atoms with Gasteiger partial charge >= 0.3 is 6.18 Å². The van der Waals surface area contributed by atoms with Gasteiger partial charge in [0.25, 0.3) is 0 Å². The maximum atomic E-state index is 13.6. The van der Waals surface area contributed by atoms with Gasteiger partial charge in [0.15, 0.2) is 0 Å². The van der Waals surface area contributed by atoms with Gasteiger partial charge in [-0.25, -0.2) is 8.42 Å². The molecule has 4 heterocycles. The third-order valence-corrected chi connectivity index (χ3v) is 11.4. The first-order chi connectivity index (χ1) is 21.5. The predicted molar refractivity (Wildman–Crippen MR) is 164 cm³/mol. The zero-order valence-electron chi connectivity index (χ0n) is 25.9. The topological polar surface area (TPSA) is 86.3 Å². The highest BCUT2D eigenvalue weighted by Gasteiger charge is 2.41.